The molecule has 12 nitrogen and oxygen atoms in total. The van der Waals surface area contributed by atoms with E-state index >= 15 is 0 Å². The zero-order valence-corrected chi connectivity index (χ0v) is 21.0. The van der Waals surface area contributed by atoms with Gasteiger partial charge in [-0.25, -0.2) is 13.2 Å². The fourth-order valence-electron chi connectivity index (χ4n) is 3.84. The van der Waals surface area contributed by atoms with Crippen LogP contribution in [-0.4, -0.2) is 75.2 Å². The molecule has 1 fully saturated rings. The lowest BCUT2D eigenvalue weighted by molar-refractivity contribution is -0.145. The van der Waals surface area contributed by atoms with Crippen molar-refractivity contribution < 1.29 is 32.3 Å². The van der Waals surface area contributed by atoms with Crippen LogP contribution in [-0.2, 0) is 29.1 Å². The summed E-state index contributed by atoms with van der Waals surface area (Å²) in [7, 11) is -2.80. The van der Waals surface area contributed by atoms with Crippen molar-refractivity contribution in [1.82, 2.24) is 20.3 Å². The molecule has 0 bridgehead atoms. The number of nitrogens with two attached hydrogens (primary N) is 1. The van der Waals surface area contributed by atoms with Gasteiger partial charge in [-0.1, -0.05) is 24.3 Å². The molecule has 0 spiro atoms. The van der Waals surface area contributed by atoms with Gasteiger partial charge in [-0.2, -0.15) is 4.31 Å². The van der Waals surface area contributed by atoms with Crippen LogP contribution >= 0.6 is 0 Å². The monoisotopic (exact) mass is 531 g/mol. The van der Waals surface area contributed by atoms with Gasteiger partial charge in [0.15, 0.2) is 0 Å². The molecule has 0 saturated carbocycles. The van der Waals surface area contributed by atoms with E-state index in [1.54, 1.807) is 30.3 Å². The van der Waals surface area contributed by atoms with Crippen LogP contribution in [0.3, 0.4) is 0 Å². The summed E-state index contributed by atoms with van der Waals surface area (Å²) in [5, 5.41) is 7.37. The number of esters is 1. The predicted molar refractivity (Wildman–Crippen MR) is 133 cm³/mol. The molecule has 2 aromatic carbocycles. The zero-order chi connectivity index (χ0) is 27.0. The molecule has 3 amide bonds. The number of ether oxygens (including phenoxy) is 1. The first kappa shape index (κ1) is 27.6. The Hall–Kier alpha value is -3.97. The number of hydrogen-bond donors (Lipinski definition) is 4. The Kier molecular flexibility index (Phi) is 9.20. The topological polar surface area (TPSA) is 177 Å². The van der Waals surface area contributed by atoms with E-state index in [-0.39, 0.29) is 36.5 Å². The summed E-state index contributed by atoms with van der Waals surface area (Å²) in [5.74, 6) is -2.64. The largest absolute Gasteiger partial charge is 0.467 e. The van der Waals surface area contributed by atoms with Crippen molar-refractivity contribution in [1.29, 1.82) is 0 Å². The number of amides is 3. The van der Waals surface area contributed by atoms with Crippen molar-refractivity contribution in [2.75, 3.05) is 32.5 Å². The van der Waals surface area contributed by atoms with E-state index in [0.29, 0.717) is 12.1 Å². The van der Waals surface area contributed by atoms with Crippen LogP contribution in [0.5, 0.6) is 0 Å². The molecule has 2 atom stereocenters. The predicted octanol–water partition coefficient (Wildman–Crippen LogP) is -0.374. The Bertz CT molecular complexity index is 1250. The van der Waals surface area contributed by atoms with E-state index in [0.717, 1.165) is 11.4 Å². The third kappa shape index (κ3) is 7.05. The van der Waals surface area contributed by atoms with Crippen LogP contribution in [0.15, 0.2) is 59.5 Å². The van der Waals surface area contributed by atoms with Gasteiger partial charge >= 0.3 is 5.97 Å². The van der Waals surface area contributed by atoms with E-state index in [1.165, 1.54) is 24.3 Å². The van der Waals surface area contributed by atoms with Crippen molar-refractivity contribution in [3.63, 3.8) is 0 Å². The van der Waals surface area contributed by atoms with Crippen molar-refractivity contribution in [3.8, 4) is 0 Å². The van der Waals surface area contributed by atoms with Crippen LogP contribution in [0.4, 0.5) is 5.69 Å². The number of nitrogens with zero attached hydrogens (tertiary/aromatic N) is 1. The van der Waals surface area contributed by atoms with E-state index < -0.39 is 45.8 Å². The molecule has 1 aliphatic rings. The third-order valence-corrected chi connectivity index (χ3v) is 7.64. The van der Waals surface area contributed by atoms with Gasteiger partial charge in [-0.3, -0.25) is 14.4 Å². The summed E-state index contributed by atoms with van der Waals surface area (Å²) in [6.45, 7) is -0.563. The fourth-order valence-corrected chi connectivity index (χ4v) is 5.52. The molecule has 13 heteroatoms. The highest BCUT2D eigenvalue weighted by Crippen LogP contribution is 2.26. The van der Waals surface area contributed by atoms with Crippen molar-refractivity contribution >= 4 is 39.4 Å². The van der Waals surface area contributed by atoms with Crippen LogP contribution in [0.2, 0.25) is 0 Å². The van der Waals surface area contributed by atoms with Gasteiger partial charge in [0.2, 0.25) is 21.8 Å². The maximum Gasteiger partial charge on any atom is 0.330 e. The normalized spacial score (nSPS) is 16.4. The van der Waals surface area contributed by atoms with Gasteiger partial charge in [0, 0.05) is 24.3 Å². The number of methoxy groups -OCH3 is 1. The Morgan fingerprint density at radius 3 is 2.49 bits per heavy atom. The standard InChI is InChI=1S/C24H29N5O7S/c1-36-24(33)19(14-26-21(30)15-27-22(31)16-7-5-8-17(25)13-16)28-23(32)20-11-6-12-29(20)37(34,35)18-9-3-2-4-10-18/h2-5,7-10,13,19-20H,6,11-12,14-15,25H2,1H3,(H,26,30)(H,27,31)(H,28,32)/t19-,20+/m1/s1. The number of nitrogen functional groups attached to an aromatic ring is 1. The van der Waals surface area contributed by atoms with E-state index in [2.05, 4.69) is 16.0 Å². The molecular formula is C24H29N5O7S. The van der Waals surface area contributed by atoms with Crippen LogP contribution in [0, 0.1) is 0 Å². The average molecular weight is 532 g/mol. The number of hydrogen-bond acceptors (Lipinski definition) is 8. The summed E-state index contributed by atoms with van der Waals surface area (Å²) in [4.78, 5) is 49.7. The second-order valence-corrected chi connectivity index (χ2v) is 10.2. The molecule has 0 aliphatic carbocycles. The Labute approximate surface area is 214 Å². The molecular weight excluding hydrogens is 502 g/mol. The van der Waals surface area contributed by atoms with Crippen LogP contribution in [0.25, 0.3) is 0 Å². The minimum absolute atomic E-state index is 0.0618. The number of nitrogens with one attached hydrogen (secondary N) is 3. The average Bonchev–Trinajstić information content (AvgIpc) is 3.41. The Balaban J connectivity index is 1.58. The first-order valence-corrected chi connectivity index (χ1v) is 12.9. The minimum atomic E-state index is -3.92. The van der Waals surface area contributed by atoms with E-state index in [4.69, 9.17) is 10.5 Å². The van der Waals surface area contributed by atoms with E-state index in [9.17, 15) is 27.6 Å². The smallest absolute Gasteiger partial charge is 0.330 e. The summed E-state index contributed by atoms with van der Waals surface area (Å²) in [5.41, 5.74) is 6.32. The number of sulfonamides is 1. The first-order valence-electron chi connectivity index (χ1n) is 11.5. The minimum Gasteiger partial charge on any atom is -0.467 e. The molecule has 1 heterocycles. The molecule has 5 N–H and O–H groups in total. The molecule has 0 radical (unpaired) electrons. The summed E-state index contributed by atoms with van der Waals surface area (Å²) in [6, 6.07) is 11.7. The first-order chi connectivity index (χ1) is 17.6. The SMILES string of the molecule is COC(=O)[C@@H](CNC(=O)CNC(=O)c1cccc(N)c1)NC(=O)[C@@H]1CCCN1S(=O)(=O)c1ccccc1. The van der Waals surface area contributed by atoms with Gasteiger partial charge < -0.3 is 26.4 Å². The van der Waals surface area contributed by atoms with Gasteiger partial charge in [-0.15, -0.1) is 0 Å². The third-order valence-electron chi connectivity index (χ3n) is 5.72. The molecule has 3 rings (SSSR count). The zero-order valence-electron chi connectivity index (χ0n) is 20.2. The Morgan fingerprint density at radius 2 is 1.81 bits per heavy atom. The molecule has 1 saturated heterocycles. The number of carbonyl (C=O) groups excluding carboxylic acids is 4. The number of rotatable bonds is 10. The van der Waals surface area contributed by atoms with Crippen molar-refractivity contribution in [3.05, 3.63) is 60.2 Å². The van der Waals surface area contributed by atoms with Crippen LogP contribution in [0.1, 0.15) is 23.2 Å². The van der Waals surface area contributed by atoms with Crippen molar-refractivity contribution in [2.24, 2.45) is 0 Å². The molecule has 2 aromatic rings. The molecule has 37 heavy (non-hydrogen) atoms. The number of benzene rings is 2. The maximum absolute atomic E-state index is 13.0. The van der Waals surface area contributed by atoms with Gasteiger partial charge in [0.25, 0.3) is 5.91 Å². The number of anilines is 1. The highest BCUT2D eigenvalue weighted by molar-refractivity contribution is 7.89. The summed E-state index contributed by atoms with van der Waals surface area (Å²) in [6.07, 6.45) is 0.741. The molecule has 198 valence electrons. The Morgan fingerprint density at radius 1 is 1.08 bits per heavy atom. The molecule has 0 unspecified atom stereocenters. The lowest BCUT2D eigenvalue weighted by Crippen LogP contribution is -2.55. The van der Waals surface area contributed by atoms with Gasteiger partial charge in [0.1, 0.15) is 12.1 Å². The maximum atomic E-state index is 13.0. The second kappa shape index (κ2) is 12.3. The highest BCUT2D eigenvalue weighted by atomic mass is 32.2. The fraction of sp³-hybridized carbons (Fsp3) is 0.333. The lowest BCUT2D eigenvalue weighted by atomic mass is 10.2. The highest BCUT2D eigenvalue weighted by Gasteiger charge is 2.40. The molecule has 1 aliphatic heterocycles. The van der Waals surface area contributed by atoms with E-state index in [1.807, 2.05) is 0 Å². The second-order valence-electron chi connectivity index (χ2n) is 8.28. The lowest BCUT2D eigenvalue weighted by Gasteiger charge is -2.25. The molecule has 0 aromatic heterocycles. The van der Waals surface area contributed by atoms with Gasteiger partial charge in [0.05, 0.1) is 18.6 Å². The van der Waals surface area contributed by atoms with Crippen molar-refractivity contribution in [2.45, 2.75) is 29.8 Å². The number of carbonyl (C=O) groups is 4. The quantitative estimate of drug-likeness (QED) is 0.237. The summed E-state index contributed by atoms with van der Waals surface area (Å²) < 4.78 is 31.9. The summed E-state index contributed by atoms with van der Waals surface area (Å²) >= 11 is 0. The van der Waals surface area contributed by atoms with Gasteiger partial charge in [-0.05, 0) is 43.2 Å². The van der Waals surface area contributed by atoms with Crippen LogP contribution < -0.4 is 21.7 Å².